The van der Waals surface area contributed by atoms with Crippen molar-refractivity contribution in [3.05, 3.63) is 33.3 Å². The number of fused-ring (bicyclic) bond motifs is 1. The SMILES string of the molecule is [B]CCC[C@H]1CN(CC2Cc3c(Cl)cc(Cl)cc3CN2)C[C@@]1(N)C(=O)O. The van der Waals surface area contributed by atoms with Crippen molar-refractivity contribution in [1.82, 2.24) is 10.2 Å². The van der Waals surface area contributed by atoms with Crippen molar-refractivity contribution in [2.24, 2.45) is 11.7 Å². The van der Waals surface area contributed by atoms with Crippen LogP contribution in [0.4, 0.5) is 0 Å². The normalized spacial score (nSPS) is 28.9. The van der Waals surface area contributed by atoms with Gasteiger partial charge in [0.1, 0.15) is 5.54 Å². The highest BCUT2D eigenvalue weighted by Gasteiger charge is 2.49. The highest BCUT2D eigenvalue weighted by atomic mass is 35.5. The van der Waals surface area contributed by atoms with Crippen LogP contribution < -0.4 is 11.1 Å². The summed E-state index contributed by atoms with van der Waals surface area (Å²) in [7, 11) is 5.59. The van der Waals surface area contributed by atoms with E-state index < -0.39 is 11.5 Å². The van der Waals surface area contributed by atoms with Crippen molar-refractivity contribution in [2.45, 2.75) is 43.7 Å². The summed E-state index contributed by atoms with van der Waals surface area (Å²) in [5.41, 5.74) is 7.31. The Morgan fingerprint density at radius 2 is 2.23 bits per heavy atom. The summed E-state index contributed by atoms with van der Waals surface area (Å²) in [4.78, 5) is 13.9. The van der Waals surface area contributed by atoms with Crippen LogP contribution in [0.15, 0.2) is 12.1 Å². The van der Waals surface area contributed by atoms with Crippen LogP contribution in [0.1, 0.15) is 24.0 Å². The summed E-state index contributed by atoms with van der Waals surface area (Å²) >= 11 is 12.4. The summed E-state index contributed by atoms with van der Waals surface area (Å²) < 4.78 is 0. The summed E-state index contributed by atoms with van der Waals surface area (Å²) in [5.74, 6) is -1.01. The fourth-order valence-corrected chi connectivity index (χ4v) is 4.80. The first-order valence-corrected chi connectivity index (χ1v) is 9.74. The number of halogens is 2. The zero-order valence-corrected chi connectivity index (χ0v) is 16.2. The molecular weight excluding hydrogens is 372 g/mol. The van der Waals surface area contributed by atoms with Gasteiger partial charge in [-0.15, -0.1) is 0 Å². The van der Waals surface area contributed by atoms with Crippen LogP contribution in [0.3, 0.4) is 0 Å². The molecule has 2 aliphatic rings. The maximum absolute atomic E-state index is 11.7. The molecule has 5 nitrogen and oxygen atoms in total. The molecule has 0 bridgehead atoms. The van der Waals surface area contributed by atoms with Gasteiger partial charge in [0, 0.05) is 48.2 Å². The fourth-order valence-electron chi connectivity index (χ4n) is 4.19. The van der Waals surface area contributed by atoms with Crippen molar-refractivity contribution in [1.29, 1.82) is 0 Å². The molecular formula is C18H24BCl2N3O2. The van der Waals surface area contributed by atoms with Gasteiger partial charge < -0.3 is 16.2 Å². The van der Waals surface area contributed by atoms with Gasteiger partial charge in [0.05, 0.1) is 7.85 Å². The van der Waals surface area contributed by atoms with Crippen molar-refractivity contribution >= 4 is 37.0 Å². The number of carboxylic acid groups (broad SMARTS) is 1. The van der Waals surface area contributed by atoms with E-state index in [1.54, 1.807) is 6.07 Å². The van der Waals surface area contributed by atoms with E-state index in [0.29, 0.717) is 36.0 Å². The van der Waals surface area contributed by atoms with E-state index in [1.807, 2.05) is 6.07 Å². The number of rotatable bonds is 6. The first-order chi connectivity index (χ1) is 12.3. The van der Waals surface area contributed by atoms with Crippen LogP contribution in [0.25, 0.3) is 0 Å². The maximum atomic E-state index is 11.7. The molecule has 1 aromatic carbocycles. The lowest BCUT2D eigenvalue weighted by atomic mass is 9.83. The molecule has 0 amide bonds. The van der Waals surface area contributed by atoms with Crippen LogP contribution in [-0.4, -0.2) is 55.0 Å². The van der Waals surface area contributed by atoms with Crippen molar-refractivity contribution in [3.8, 4) is 0 Å². The highest BCUT2D eigenvalue weighted by Crippen LogP contribution is 2.32. The summed E-state index contributed by atoms with van der Waals surface area (Å²) in [6.07, 6.45) is 2.87. The Labute approximate surface area is 165 Å². The van der Waals surface area contributed by atoms with E-state index in [1.165, 1.54) is 0 Å². The maximum Gasteiger partial charge on any atom is 0.325 e. The Hall–Kier alpha value is -0.785. The van der Waals surface area contributed by atoms with Crippen LogP contribution in [0, 0.1) is 5.92 Å². The van der Waals surface area contributed by atoms with Crippen molar-refractivity contribution in [2.75, 3.05) is 19.6 Å². The van der Waals surface area contributed by atoms with Crippen molar-refractivity contribution < 1.29 is 9.90 Å². The first-order valence-electron chi connectivity index (χ1n) is 8.98. The van der Waals surface area contributed by atoms with Crippen LogP contribution in [0.2, 0.25) is 16.4 Å². The summed E-state index contributed by atoms with van der Waals surface area (Å²) in [6, 6.07) is 3.92. The zero-order valence-electron chi connectivity index (χ0n) is 14.7. The average molecular weight is 396 g/mol. The number of nitrogens with one attached hydrogen (secondary N) is 1. The minimum Gasteiger partial charge on any atom is -0.480 e. The molecule has 0 saturated carbocycles. The number of nitrogens with two attached hydrogens (primary N) is 1. The number of carboxylic acids is 1. The van der Waals surface area contributed by atoms with Crippen LogP contribution in [-0.2, 0) is 17.8 Å². The number of nitrogens with zero attached hydrogens (tertiary/aromatic N) is 1. The van der Waals surface area contributed by atoms with Crippen LogP contribution in [0.5, 0.6) is 0 Å². The van der Waals surface area contributed by atoms with Gasteiger partial charge in [-0.05, 0) is 36.1 Å². The zero-order chi connectivity index (χ0) is 18.9. The van der Waals surface area contributed by atoms with E-state index in [4.69, 9.17) is 36.8 Å². The number of aliphatic carboxylic acids is 1. The Morgan fingerprint density at radius 3 is 2.92 bits per heavy atom. The van der Waals surface area contributed by atoms with Gasteiger partial charge in [-0.2, -0.15) is 0 Å². The molecule has 2 radical (unpaired) electrons. The molecule has 8 heteroatoms. The highest BCUT2D eigenvalue weighted by molar-refractivity contribution is 6.35. The second-order valence-corrected chi connectivity index (χ2v) is 8.32. The predicted octanol–water partition coefficient (Wildman–Crippen LogP) is 2.09. The molecule has 3 rings (SSSR count). The van der Waals surface area contributed by atoms with Crippen LogP contribution >= 0.6 is 23.2 Å². The standard InChI is InChI=1S/C18H24BCl2N3O2/c19-3-1-2-12-8-24(10-18(12,22)17(25)26)9-14-6-15-11(7-23-14)4-13(20)5-16(15)21/h4-5,12,14,23H,1-3,6-10,22H2,(H,25,26)/t12-,14?,18-/m0/s1. The minimum atomic E-state index is -1.20. The minimum absolute atomic E-state index is 0.0816. The summed E-state index contributed by atoms with van der Waals surface area (Å²) in [5, 5.41) is 14.5. The first kappa shape index (κ1) is 20.0. The van der Waals surface area contributed by atoms with Gasteiger partial charge in [0.2, 0.25) is 0 Å². The lowest BCUT2D eigenvalue weighted by Crippen LogP contribution is -2.55. The molecule has 1 unspecified atom stereocenters. The van der Waals surface area contributed by atoms with Gasteiger partial charge in [0.15, 0.2) is 0 Å². The predicted molar refractivity (Wildman–Crippen MR) is 105 cm³/mol. The van der Waals surface area contributed by atoms with Gasteiger partial charge >= 0.3 is 5.97 Å². The molecule has 4 N–H and O–H groups in total. The number of benzene rings is 1. The third-order valence-corrected chi connectivity index (χ3v) is 6.17. The number of likely N-dealkylation sites (tertiary alicyclic amines) is 1. The monoisotopic (exact) mass is 395 g/mol. The van der Waals surface area contributed by atoms with E-state index in [9.17, 15) is 9.90 Å². The molecule has 26 heavy (non-hydrogen) atoms. The average Bonchev–Trinajstić information content (AvgIpc) is 2.90. The Kier molecular flexibility index (Phi) is 6.20. The molecule has 0 aromatic heterocycles. The molecule has 0 spiro atoms. The molecule has 1 aromatic rings. The van der Waals surface area contributed by atoms with Crippen molar-refractivity contribution in [3.63, 3.8) is 0 Å². The molecule has 2 aliphatic heterocycles. The third-order valence-electron chi connectivity index (χ3n) is 5.61. The van der Waals surface area contributed by atoms with Gasteiger partial charge in [-0.1, -0.05) is 35.9 Å². The molecule has 3 atom stereocenters. The molecule has 1 saturated heterocycles. The molecule has 2 heterocycles. The third kappa shape index (κ3) is 4.05. The second kappa shape index (κ2) is 8.07. The fraction of sp³-hybridized carbons (Fsp3) is 0.611. The topological polar surface area (TPSA) is 78.6 Å². The van der Waals surface area contributed by atoms with Gasteiger partial charge in [-0.3, -0.25) is 9.69 Å². The van der Waals surface area contributed by atoms with E-state index in [2.05, 4.69) is 10.2 Å². The lowest BCUT2D eigenvalue weighted by Gasteiger charge is -2.30. The number of hydrogen-bond donors (Lipinski definition) is 3. The van der Waals surface area contributed by atoms with E-state index in [0.717, 1.165) is 36.9 Å². The van der Waals surface area contributed by atoms with E-state index in [-0.39, 0.29) is 12.0 Å². The Bertz CT molecular complexity index is 691. The largest absolute Gasteiger partial charge is 0.480 e. The Balaban J connectivity index is 1.67. The van der Waals surface area contributed by atoms with Gasteiger partial charge in [-0.25, -0.2) is 0 Å². The smallest absolute Gasteiger partial charge is 0.325 e. The summed E-state index contributed by atoms with van der Waals surface area (Å²) in [6.45, 7) is 2.49. The molecule has 1 fully saturated rings. The lowest BCUT2D eigenvalue weighted by molar-refractivity contribution is -0.144. The number of carbonyl (C=O) groups is 1. The Morgan fingerprint density at radius 1 is 1.46 bits per heavy atom. The van der Waals surface area contributed by atoms with E-state index >= 15 is 0 Å². The molecule has 0 aliphatic carbocycles. The quantitative estimate of drug-likeness (QED) is 0.642. The second-order valence-electron chi connectivity index (χ2n) is 7.47. The van der Waals surface area contributed by atoms with Gasteiger partial charge in [0.25, 0.3) is 0 Å². The number of hydrogen-bond acceptors (Lipinski definition) is 4. The molecule has 140 valence electrons.